The number of hydrogen-bond acceptors (Lipinski definition) is 5. The van der Waals surface area contributed by atoms with Crippen LogP contribution in [0.15, 0.2) is 53.3 Å². The van der Waals surface area contributed by atoms with Crippen molar-refractivity contribution in [2.45, 2.75) is 20.5 Å². The summed E-state index contributed by atoms with van der Waals surface area (Å²) in [4.78, 5) is 28.8. The lowest BCUT2D eigenvalue weighted by molar-refractivity contribution is 0.0688. The van der Waals surface area contributed by atoms with Crippen LogP contribution in [0.25, 0.3) is 22.0 Å². The Kier molecular flexibility index (Phi) is 5.81. The van der Waals surface area contributed by atoms with Crippen molar-refractivity contribution < 1.29 is 9.53 Å². The Bertz CT molecular complexity index is 1100. The first kappa shape index (κ1) is 20.1. The highest BCUT2D eigenvalue weighted by Crippen LogP contribution is 2.25. The molecule has 1 aliphatic rings. The molecule has 1 amide bonds. The molecule has 0 bridgehead atoms. The Labute approximate surface area is 175 Å². The fourth-order valence-corrected chi connectivity index (χ4v) is 3.73. The summed E-state index contributed by atoms with van der Waals surface area (Å²) in [6.45, 7) is 7.09. The molecule has 156 valence electrons. The molecule has 2 heterocycles. The maximum absolute atomic E-state index is 13.1. The first-order chi connectivity index (χ1) is 14.6. The predicted molar refractivity (Wildman–Crippen MR) is 116 cm³/mol. The molecular formula is C23H26N4O3. The van der Waals surface area contributed by atoms with E-state index >= 15 is 0 Å². The van der Waals surface area contributed by atoms with Gasteiger partial charge in [0, 0.05) is 37.1 Å². The van der Waals surface area contributed by atoms with Crippen LogP contribution in [0.2, 0.25) is 0 Å². The molecule has 1 aliphatic heterocycles. The zero-order valence-electron chi connectivity index (χ0n) is 17.4. The zero-order chi connectivity index (χ0) is 21.1. The van der Waals surface area contributed by atoms with Crippen molar-refractivity contribution in [2.75, 3.05) is 32.8 Å². The van der Waals surface area contributed by atoms with Crippen molar-refractivity contribution in [3.63, 3.8) is 0 Å². The van der Waals surface area contributed by atoms with Crippen LogP contribution >= 0.6 is 0 Å². The molecule has 7 nitrogen and oxygen atoms in total. The number of piperazine rings is 1. The smallest absolute Gasteiger partial charge is 0.409 e. The van der Waals surface area contributed by atoms with E-state index in [1.54, 1.807) is 11.8 Å². The summed E-state index contributed by atoms with van der Waals surface area (Å²) >= 11 is 0. The van der Waals surface area contributed by atoms with Gasteiger partial charge in [0.15, 0.2) is 0 Å². The minimum atomic E-state index is -0.278. The summed E-state index contributed by atoms with van der Waals surface area (Å²) in [6.07, 6.45) is -0.278. The Morgan fingerprint density at radius 3 is 2.33 bits per heavy atom. The molecule has 0 aliphatic carbocycles. The van der Waals surface area contributed by atoms with Crippen molar-refractivity contribution in [1.82, 2.24) is 19.6 Å². The Hall–Kier alpha value is -3.19. The van der Waals surface area contributed by atoms with Gasteiger partial charge in [-0.1, -0.05) is 48.0 Å². The maximum atomic E-state index is 13.1. The van der Waals surface area contributed by atoms with E-state index in [4.69, 9.17) is 9.84 Å². The van der Waals surface area contributed by atoms with Crippen LogP contribution in [0.5, 0.6) is 0 Å². The molecule has 0 unspecified atom stereocenters. The lowest BCUT2D eigenvalue weighted by atomic mass is 10.0. The SMILES string of the molecule is CCOC(=O)N1CCN(Cn2nc(-c3ccc(C)cc3)c3ccccc3c2=O)CC1. The van der Waals surface area contributed by atoms with E-state index in [1.807, 2.05) is 43.3 Å². The van der Waals surface area contributed by atoms with Crippen LogP contribution in [-0.2, 0) is 11.4 Å². The maximum Gasteiger partial charge on any atom is 0.409 e. The second kappa shape index (κ2) is 8.67. The number of benzene rings is 2. The van der Waals surface area contributed by atoms with E-state index in [2.05, 4.69) is 17.0 Å². The Morgan fingerprint density at radius 1 is 1.00 bits per heavy atom. The molecule has 0 spiro atoms. The standard InChI is InChI=1S/C23H26N4O3/c1-3-30-23(29)26-14-12-25(13-15-26)16-27-22(28)20-7-5-4-6-19(20)21(24-27)18-10-8-17(2)9-11-18/h4-11H,3,12-16H2,1-2H3. The molecule has 0 atom stereocenters. The van der Waals surface area contributed by atoms with Gasteiger partial charge in [0.25, 0.3) is 5.56 Å². The third-order valence-corrected chi connectivity index (χ3v) is 5.42. The van der Waals surface area contributed by atoms with Crippen LogP contribution in [-0.4, -0.2) is 58.5 Å². The first-order valence-corrected chi connectivity index (χ1v) is 10.3. The Morgan fingerprint density at radius 2 is 1.67 bits per heavy atom. The largest absolute Gasteiger partial charge is 0.450 e. The number of rotatable bonds is 4. The van der Waals surface area contributed by atoms with Gasteiger partial charge in [-0.2, -0.15) is 5.10 Å². The third-order valence-electron chi connectivity index (χ3n) is 5.42. The van der Waals surface area contributed by atoms with E-state index in [-0.39, 0.29) is 11.7 Å². The van der Waals surface area contributed by atoms with Gasteiger partial charge in [-0.25, -0.2) is 9.48 Å². The summed E-state index contributed by atoms with van der Waals surface area (Å²) in [5.74, 6) is 0. The highest BCUT2D eigenvalue weighted by Gasteiger charge is 2.23. The van der Waals surface area contributed by atoms with Gasteiger partial charge in [0.05, 0.1) is 24.4 Å². The van der Waals surface area contributed by atoms with E-state index in [1.165, 1.54) is 10.2 Å². The van der Waals surface area contributed by atoms with Gasteiger partial charge >= 0.3 is 6.09 Å². The van der Waals surface area contributed by atoms with Crippen molar-refractivity contribution in [3.05, 3.63) is 64.4 Å². The second-order valence-electron chi connectivity index (χ2n) is 7.51. The summed E-state index contributed by atoms with van der Waals surface area (Å²) in [5, 5.41) is 6.25. The highest BCUT2D eigenvalue weighted by atomic mass is 16.6. The van der Waals surface area contributed by atoms with E-state index in [0.717, 1.165) is 16.6 Å². The van der Waals surface area contributed by atoms with Gasteiger partial charge in [0.2, 0.25) is 0 Å². The van der Waals surface area contributed by atoms with Gasteiger partial charge < -0.3 is 9.64 Å². The summed E-state index contributed by atoms with van der Waals surface area (Å²) in [5.41, 5.74) is 2.86. The number of aromatic nitrogens is 2. The quantitative estimate of drug-likeness (QED) is 0.666. The lowest BCUT2D eigenvalue weighted by Gasteiger charge is -2.33. The normalized spacial score (nSPS) is 14.8. The number of fused-ring (bicyclic) bond motifs is 1. The molecule has 1 fully saturated rings. The molecular weight excluding hydrogens is 380 g/mol. The molecule has 1 aromatic heterocycles. The molecule has 7 heteroatoms. The van der Waals surface area contributed by atoms with Crippen molar-refractivity contribution in [3.8, 4) is 11.3 Å². The molecule has 0 saturated carbocycles. The number of hydrogen-bond donors (Lipinski definition) is 0. The van der Waals surface area contributed by atoms with Gasteiger partial charge in [-0.3, -0.25) is 9.69 Å². The first-order valence-electron chi connectivity index (χ1n) is 10.3. The third kappa shape index (κ3) is 4.07. The molecule has 2 aromatic carbocycles. The summed E-state index contributed by atoms with van der Waals surface area (Å²) in [7, 11) is 0. The number of ether oxygens (including phenoxy) is 1. The van der Waals surface area contributed by atoms with Crippen molar-refractivity contribution in [2.24, 2.45) is 0 Å². The van der Waals surface area contributed by atoms with E-state index < -0.39 is 0 Å². The minimum Gasteiger partial charge on any atom is -0.450 e. The lowest BCUT2D eigenvalue weighted by Crippen LogP contribution is -2.50. The topological polar surface area (TPSA) is 67.7 Å². The molecule has 1 saturated heterocycles. The average molecular weight is 406 g/mol. The predicted octanol–water partition coefficient (Wildman–Crippen LogP) is 3.10. The van der Waals surface area contributed by atoms with E-state index in [9.17, 15) is 9.59 Å². The second-order valence-corrected chi connectivity index (χ2v) is 7.51. The summed E-state index contributed by atoms with van der Waals surface area (Å²) in [6, 6.07) is 15.8. The monoisotopic (exact) mass is 406 g/mol. The van der Waals surface area contributed by atoms with Gasteiger partial charge in [-0.05, 0) is 19.9 Å². The fraction of sp³-hybridized carbons (Fsp3) is 0.348. The van der Waals surface area contributed by atoms with Gasteiger partial charge in [-0.15, -0.1) is 0 Å². The molecule has 30 heavy (non-hydrogen) atoms. The molecule has 4 rings (SSSR count). The number of carbonyl (C=O) groups is 1. The zero-order valence-corrected chi connectivity index (χ0v) is 17.4. The van der Waals surface area contributed by atoms with Crippen molar-refractivity contribution in [1.29, 1.82) is 0 Å². The van der Waals surface area contributed by atoms with Crippen LogP contribution in [0.3, 0.4) is 0 Å². The van der Waals surface area contributed by atoms with Crippen LogP contribution in [0, 0.1) is 6.92 Å². The Balaban J connectivity index is 1.62. The number of amides is 1. The molecule has 0 radical (unpaired) electrons. The average Bonchev–Trinajstić information content (AvgIpc) is 2.77. The molecule has 0 N–H and O–H groups in total. The van der Waals surface area contributed by atoms with Crippen LogP contribution in [0.1, 0.15) is 12.5 Å². The number of carbonyl (C=O) groups excluding carboxylic acids is 1. The van der Waals surface area contributed by atoms with E-state index in [0.29, 0.717) is 44.8 Å². The number of nitrogens with zero attached hydrogens (tertiary/aromatic N) is 4. The number of aryl methyl sites for hydroxylation is 1. The summed E-state index contributed by atoms with van der Waals surface area (Å²) < 4.78 is 6.62. The minimum absolute atomic E-state index is 0.103. The van der Waals surface area contributed by atoms with Crippen LogP contribution in [0.4, 0.5) is 4.79 Å². The van der Waals surface area contributed by atoms with Crippen molar-refractivity contribution >= 4 is 16.9 Å². The highest BCUT2D eigenvalue weighted by molar-refractivity contribution is 5.93. The van der Waals surface area contributed by atoms with Crippen LogP contribution < -0.4 is 5.56 Å². The van der Waals surface area contributed by atoms with Gasteiger partial charge in [0.1, 0.15) is 0 Å². The fourth-order valence-electron chi connectivity index (χ4n) is 3.73. The molecule has 3 aromatic rings.